The van der Waals surface area contributed by atoms with Crippen molar-refractivity contribution in [2.75, 3.05) is 0 Å². The van der Waals surface area contributed by atoms with Gasteiger partial charge in [-0.15, -0.1) is 0 Å². The van der Waals surface area contributed by atoms with Crippen LogP contribution in [0.2, 0.25) is 0 Å². The molecule has 2 aromatic carbocycles. The number of hydrogen-bond donors (Lipinski definition) is 0. The zero-order chi connectivity index (χ0) is 13.2. The summed E-state index contributed by atoms with van der Waals surface area (Å²) in [5.74, 6) is 0.121. The first-order valence-electron chi connectivity index (χ1n) is 5.40. The van der Waals surface area contributed by atoms with Gasteiger partial charge < -0.3 is 0 Å². The first-order chi connectivity index (χ1) is 8.74. The minimum atomic E-state index is 0.121. The maximum atomic E-state index is 10.6. The lowest BCUT2D eigenvalue weighted by molar-refractivity contribution is 0.101. The van der Waals surface area contributed by atoms with E-state index in [0.717, 1.165) is 5.56 Å². The van der Waals surface area contributed by atoms with Crippen molar-refractivity contribution >= 4 is 11.5 Å². The zero-order valence-corrected chi connectivity index (χ0v) is 10.0. The predicted octanol–water partition coefficient (Wildman–Crippen LogP) is 4.52. The molecule has 4 nitrogen and oxygen atoms in total. The van der Waals surface area contributed by atoms with Gasteiger partial charge in [-0.3, -0.25) is 4.79 Å². The van der Waals surface area contributed by atoms with E-state index in [9.17, 15) is 4.79 Å². The Balaban J connectivity index is 0.000000180. The van der Waals surface area contributed by atoms with Gasteiger partial charge in [0.1, 0.15) is 0 Å². The van der Waals surface area contributed by atoms with Crippen molar-refractivity contribution in [3.8, 4) is 0 Å². The Hall–Kier alpha value is -2.58. The highest BCUT2D eigenvalue weighted by Crippen LogP contribution is 2.08. The number of hydrogen-bond acceptors (Lipinski definition) is 2. The quantitative estimate of drug-likeness (QED) is 0.329. The summed E-state index contributed by atoms with van der Waals surface area (Å²) in [6, 6.07) is 18.2. The van der Waals surface area contributed by atoms with Crippen LogP contribution in [0, 0.1) is 0 Å². The lowest BCUT2D eigenvalue weighted by atomic mass is 10.2. The van der Waals surface area contributed by atoms with Crippen LogP contribution in [0.4, 0.5) is 5.69 Å². The molecular formula is C14H13N3O. The molecule has 2 aromatic rings. The van der Waals surface area contributed by atoms with Gasteiger partial charge in [0.05, 0.1) is 0 Å². The molecule has 0 radical (unpaired) electrons. The summed E-state index contributed by atoms with van der Waals surface area (Å²) >= 11 is 0. The third-order valence-electron chi connectivity index (χ3n) is 2.10. The van der Waals surface area contributed by atoms with Crippen molar-refractivity contribution < 1.29 is 4.79 Å². The molecule has 0 aliphatic rings. The van der Waals surface area contributed by atoms with Crippen molar-refractivity contribution in [1.29, 1.82) is 0 Å². The molecule has 0 saturated carbocycles. The molecular weight excluding hydrogens is 226 g/mol. The van der Waals surface area contributed by atoms with Gasteiger partial charge in [0.25, 0.3) is 0 Å². The van der Waals surface area contributed by atoms with Gasteiger partial charge in [-0.05, 0) is 12.5 Å². The Labute approximate surface area is 106 Å². The van der Waals surface area contributed by atoms with Crippen molar-refractivity contribution in [2.24, 2.45) is 5.11 Å². The van der Waals surface area contributed by atoms with E-state index in [2.05, 4.69) is 10.0 Å². The SMILES string of the molecule is CC(=O)c1ccccc1.[N-]=[N+]=Nc1ccccc1. The number of rotatable bonds is 2. The highest BCUT2D eigenvalue weighted by atomic mass is 16.1. The molecule has 18 heavy (non-hydrogen) atoms. The first kappa shape index (κ1) is 13.5. The molecule has 0 bridgehead atoms. The number of azide groups is 1. The molecule has 0 unspecified atom stereocenters. The fourth-order valence-corrected chi connectivity index (χ4v) is 1.22. The highest BCUT2D eigenvalue weighted by molar-refractivity contribution is 5.93. The van der Waals surface area contributed by atoms with Gasteiger partial charge in [0.15, 0.2) is 5.78 Å². The molecule has 0 aromatic heterocycles. The maximum Gasteiger partial charge on any atom is 0.159 e. The standard InChI is InChI=1S/C8H8O.C6H5N3/c1-7(9)8-5-3-2-4-6-8;7-9-8-6-4-2-1-3-5-6/h2-6H,1H3;1-5H. The first-order valence-corrected chi connectivity index (χ1v) is 5.40. The summed E-state index contributed by atoms with van der Waals surface area (Å²) in [7, 11) is 0. The van der Waals surface area contributed by atoms with Crippen LogP contribution < -0.4 is 0 Å². The van der Waals surface area contributed by atoms with E-state index in [4.69, 9.17) is 5.53 Å². The molecule has 0 atom stereocenters. The lowest BCUT2D eigenvalue weighted by Crippen LogP contribution is -1.88. The second-order valence-electron chi connectivity index (χ2n) is 3.45. The van der Waals surface area contributed by atoms with Crippen molar-refractivity contribution in [2.45, 2.75) is 6.92 Å². The summed E-state index contributed by atoms with van der Waals surface area (Å²) < 4.78 is 0. The van der Waals surface area contributed by atoms with Crippen LogP contribution in [-0.2, 0) is 0 Å². The van der Waals surface area contributed by atoms with Crippen LogP contribution in [-0.4, -0.2) is 5.78 Å². The second kappa shape index (κ2) is 7.65. The summed E-state index contributed by atoms with van der Waals surface area (Å²) in [6.45, 7) is 1.56. The van der Waals surface area contributed by atoms with Gasteiger partial charge in [0.2, 0.25) is 0 Å². The minimum absolute atomic E-state index is 0.121. The number of carbonyl (C=O) groups is 1. The lowest BCUT2D eigenvalue weighted by Gasteiger charge is -1.89. The Morgan fingerprint density at radius 2 is 1.50 bits per heavy atom. The minimum Gasteiger partial charge on any atom is -0.295 e. The molecule has 0 amide bonds. The monoisotopic (exact) mass is 239 g/mol. The third-order valence-corrected chi connectivity index (χ3v) is 2.10. The Kier molecular flexibility index (Phi) is 5.73. The van der Waals surface area contributed by atoms with Crippen LogP contribution >= 0.6 is 0 Å². The number of carbonyl (C=O) groups excluding carboxylic acids is 1. The van der Waals surface area contributed by atoms with E-state index in [1.807, 2.05) is 48.5 Å². The molecule has 0 saturated heterocycles. The Morgan fingerprint density at radius 3 is 1.89 bits per heavy atom. The normalized spacial score (nSPS) is 8.50. The van der Waals surface area contributed by atoms with Crippen LogP contribution in [0.3, 0.4) is 0 Å². The summed E-state index contributed by atoms with van der Waals surface area (Å²) in [6.07, 6.45) is 0. The topological polar surface area (TPSA) is 65.8 Å². The third kappa shape index (κ3) is 4.96. The van der Waals surface area contributed by atoms with Crippen LogP contribution in [0.1, 0.15) is 17.3 Å². The van der Waals surface area contributed by atoms with Gasteiger partial charge in [-0.2, -0.15) is 0 Å². The van der Waals surface area contributed by atoms with Gasteiger partial charge in [-0.1, -0.05) is 65.8 Å². The summed E-state index contributed by atoms with van der Waals surface area (Å²) in [5, 5.41) is 3.39. The van der Waals surface area contributed by atoms with E-state index < -0.39 is 0 Å². The Bertz CT molecular complexity index is 494. The zero-order valence-electron chi connectivity index (χ0n) is 10.0. The largest absolute Gasteiger partial charge is 0.295 e. The molecule has 4 heteroatoms. The molecule has 0 aliphatic heterocycles. The van der Waals surface area contributed by atoms with E-state index in [1.165, 1.54) is 0 Å². The molecule has 0 fully saturated rings. The molecule has 0 N–H and O–H groups in total. The fourth-order valence-electron chi connectivity index (χ4n) is 1.22. The maximum absolute atomic E-state index is 10.6. The predicted molar refractivity (Wildman–Crippen MR) is 71.7 cm³/mol. The smallest absolute Gasteiger partial charge is 0.159 e. The van der Waals surface area contributed by atoms with Crippen molar-refractivity contribution in [3.63, 3.8) is 0 Å². The number of benzene rings is 2. The van der Waals surface area contributed by atoms with Crippen molar-refractivity contribution in [1.82, 2.24) is 0 Å². The average molecular weight is 239 g/mol. The highest BCUT2D eigenvalue weighted by Gasteiger charge is 1.92. The van der Waals surface area contributed by atoms with Crippen LogP contribution in [0.15, 0.2) is 65.8 Å². The van der Waals surface area contributed by atoms with Gasteiger partial charge >= 0.3 is 0 Å². The molecule has 0 spiro atoms. The second-order valence-corrected chi connectivity index (χ2v) is 3.45. The number of nitrogens with zero attached hydrogens (tertiary/aromatic N) is 3. The van der Waals surface area contributed by atoms with Crippen molar-refractivity contribution in [3.05, 3.63) is 76.7 Å². The van der Waals surface area contributed by atoms with Crippen LogP contribution in [0.5, 0.6) is 0 Å². The van der Waals surface area contributed by atoms with Gasteiger partial charge in [-0.25, -0.2) is 0 Å². The molecule has 90 valence electrons. The fraction of sp³-hybridized carbons (Fsp3) is 0.0714. The van der Waals surface area contributed by atoms with Crippen LogP contribution in [0.25, 0.3) is 10.4 Å². The van der Waals surface area contributed by atoms with Gasteiger partial charge in [0, 0.05) is 16.2 Å². The summed E-state index contributed by atoms with van der Waals surface area (Å²) in [5.41, 5.74) is 9.41. The summed E-state index contributed by atoms with van der Waals surface area (Å²) in [4.78, 5) is 13.3. The molecule has 0 heterocycles. The van der Waals surface area contributed by atoms with E-state index >= 15 is 0 Å². The molecule has 2 rings (SSSR count). The van der Waals surface area contributed by atoms with E-state index in [1.54, 1.807) is 19.1 Å². The number of ketones is 1. The molecule has 0 aliphatic carbocycles. The Morgan fingerprint density at radius 1 is 1.00 bits per heavy atom. The average Bonchev–Trinajstić information content (AvgIpc) is 2.42. The van der Waals surface area contributed by atoms with E-state index in [0.29, 0.717) is 5.69 Å². The van der Waals surface area contributed by atoms with E-state index in [-0.39, 0.29) is 5.78 Å². The number of Topliss-reactive ketones (excluding diaryl/α,β-unsaturated/α-hetero) is 1.